The number of morpholine rings is 1. The van der Waals surface area contributed by atoms with E-state index in [-0.39, 0.29) is 41.5 Å². The van der Waals surface area contributed by atoms with Crippen LogP contribution in [0.2, 0.25) is 0 Å². The van der Waals surface area contributed by atoms with Gasteiger partial charge in [-0.05, 0) is 51.1 Å². The highest BCUT2D eigenvalue weighted by Gasteiger charge is 2.32. The number of rotatable bonds is 6. The molecule has 1 saturated heterocycles. The molecule has 33 heavy (non-hydrogen) atoms. The topological polar surface area (TPSA) is 114 Å². The number of hydrogen-bond acceptors (Lipinski definition) is 6. The fourth-order valence-corrected chi connectivity index (χ4v) is 4.99. The Bertz CT molecular complexity index is 1120. The van der Waals surface area contributed by atoms with Crippen LogP contribution in [0, 0.1) is 5.82 Å². The molecule has 0 bridgehead atoms. The summed E-state index contributed by atoms with van der Waals surface area (Å²) in [5.41, 5.74) is 4.44. The first-order valence-corrected chi connectivity index (χ1v) is 11.8. The van der Waals surface area contributed by atoms with Crippen molar-refractivity contribution in [3.8, 4) is 5.75 Å². The molecule has 2 aromatic rings. The molecule has 178 valence electrons. The smallest absolute Gasteiger partial charge is 0.279 e. The van der Waals surface area contributed by atoms with E-state index < -0.39 is 33.8 Å². The van der Waals surface area contributed by atoms with Crippen LogP contribution in [0.4, 0.5) is 4.39 Å². The summed E-state index contributed by atoms with van der Waals surface area (Å²) >= 11 is 0. The van der Waals surface area contributed by atoms with Crippen LogP contribution in [0.15, 0.2) is 53.4 Å². The molecule has 11 heteroatoms. The van der Waals surface area contributed by atoms with Crippen molar-refractivity contribution in [2.45, 2.75) is 44.0 Å². The number of amides is 2. The molecule has 3 rings (SSSR count). The van der Waals surface area contributed by atoms with Crippen molar-refractivity contribution >= 4 is 21.8 Å². The molecule has 2 N–H and O–H groups in total. The van der Waals surface area contributed by atoms with Crippen LogP contribution < -0.4 is 15.6 Å². The SMILES string of the molecule is C[C@@H]1CN(S(=O)(=O)c2cccc(C(=O)NNC(=O)[C@H](C)Oc3ccccc3F)c2)C[C@H](C)O1. The van der Waals surface area contributed by atoms with E-state index in [4.69, 9.17) is 9.47 Å². The molecule has 1 aliphatic heterocycles. The molecule has 0 saturated carbocycles. The fraction of sp³-hybridized carbons (Fsp3) is 0.364. The lowest BCUT2D eigenvalue weighted by Crippen LogP contribution is -2.48. The van der Waals surface area contributed by atoms with Gasteiger partial charge in [0.2, 0.25) is 10.0 Å². The first kappa shape index (κ1) is 24.6. The van der Waals surface area contributed by atoms with Gasteiger partial charge in [-0.1, -0.05) is 18.2 Å². The van der Waals surface area contributed by atoms with Crippen LogP contribution in [0.1, 0.15) is 31.1 Å². The number of carbonyl (C=O) groups is 2. The summed E-state index contributed by atoms with van der Waals surface area (Å²) in [6.45, 7) is 5.40. The normalized spacial score (nSPS) is 20.0. The summed E-state index contributed by atoms with van der Waals surface area (Å²) in [6, 6.07) is 11.1. The van der Waals surface area contributed by atoms with E-state index >= 15 is 0 Å². The number of sulfonamides is 1. The summed E-state index contributed by atoms with van der Waals surface area (Å²) in [5, 5.41) is 0. The molecular weight excluding hydrogens is 453 g/mol. The third kappa shape index (κ3) is 6.06. The highest BCUT2D eigenvalue weighted by Crippen LogP contribution is 2.22. The standard InChI is InChI=1S/C22H26FN3O6S/c1-14-12-26(13-15(2)31-14)33(29,30)18-8-6-7-17(11-18)22(28)25-24-21(27)16(3)32-20-10-5-4-9-19(20)23/h4-11,14-16H,12-13H2,1-3H3,(H,24,27)(H,25,28)/t14-,15+,16-/m0/s1. The van der Waals surface area contributed by atoms with Gasteiger partial charge >= 0.3 is 0 Å². The first-order chi connectivity index (χ1) is 15.6. The Hall–Kier alpha value is -3.02. The minimum Gasteiger partial charge on any atom is -0.478 e. The second-order valence-corrected chi connectivity index (χ2v) is 9.68. The van der Waals surface area contributed by atoms with Gasteiger partial charge in [0.25, 0.3) is 11.8 Å². The van der Waals surface area contributed by atoms with Crippen molar-refractivity contribution in [1.82, 2.24) is 15.2 Å². The Morgan fingerprint density at radius 2 is 1.76 bits per heavy atom. The van der Waals surface area contributed by atoms with Gasteiger partial charge in [-0.2, -0.15) is 4.31 Å². The maximum absolute atomic E-state index is 13.7. The lowest BCUT2D eigenvalue weighted by Gasteiger charge is -2.34. The van der Waals surface area contributed by atoms with Gasteiger partial charge in [-0.25, -0.2) is 12.8 Å². The summed E-state index contributed by atoms with van der Waals surface area (Å²) in [4.78, 5) is 24.6. The average molecular weight is 480 g/mol. The Balaban J connectivity index is 1.63. The Morgan fingerprint density at radius 1 is 1.09 bits per heavy atom. The van der Waals surface area contributed by atoms with Gasteiger partial charge in [0.15, 0.2) is 17.7 Å². The van der Waals surface area contributed by atoms with E-state index in [0.717, 1.165) is 0 Å². The lowest BCUT2D eigenvalue weighted by molar-refractivity contribution is -0.128. The Kier molecular flexibility index (Phi) is 7.67. The molecule has 1 heterocycles. The lowest BCUT2D eigenvalue weighted by atomic mass is 10.2. The maximum atomic E-state index is 13.7. The van der Waals surface area contributed by atoms with Gasteiger partial charge < -0.3 is 9.47 Å². The zero-order valence-electron chi connectivity index (χ0n) is 18.4. The van der Waals surface area contributed by atoms with E-state index in [1.807, 2.05) is 0 Å². The molecule has 1 fully saturated rings. The van der Waals surface area contributed by atoms with Crippen LogP contribution >= 0.6 is 0 Å². The number of carbonyl (C=O) groups excluding carboxylic acids is 2. The molecule has 3 atom stereocenters. The third-order valence-corrected chi connectivity index (χ3v) is 6.76. The fourth-order valence-electron chi connectivity index (χ4n) is 3.35. The predicted octanol–water partition coefficient (Wildman–Crippen LogP) is 1.85. The van der Waals surface area contributed by atoms with Crippen LogP contribution in [0.25, 0.3) is 0 Å². The van der Waals surface area contributed by atoms with Gasteiger partial charge in [0.1, 0.15) is 0 Å². The average Bonchev–Trinajstić information content (AvgIpc) is 2.78. The van der Waals surface area contributed by atoms with Crippen molar-refractivity contribution < 1.29 is 31.9 Å². The van der Waals surface area contributed by atoms with Crippen molar-refractivity contribution in [1.29, 1.82) is 0 Å². The van der Waals surface area contributed by atoms with Gasteiger partial charge in [-0.15, -0.1) is 0 Å². The maximum Gasteiger partial charge on any atom is 0.279 e. The summed E-state index contributed by atoms with van der Waals surface area (Å²) in [6.07, 6.45) is -1.60. The van der Waals surface area contributed by atoms with Gasteiger partial charge in [0, 0.05) is 18.7 Å². The monoisotopic (exact) mass is 479 g/mol. The molecule has 9 nitrogen and oxygen atoms in total. The number of hydrazine groups is 1. The zero-order chi connectivity index (χ0) is 24.2. The number of ether oxygens (including phenoxy) is 2. The van der Waals surface area contributed by atoms with Crippen LogP contribution in [-0.2, 0) is 19.6 Å². The Labute approximate surface area is 191 Å². The molecule has 0 aliphatic carbocycles. The van der Waals surface area contributed by atoms with E-state index in [1.165, 1.54) is 53.7 Å². The van der Waals surface area contributed by atoms with Crippen LogP contribution in [0.5, 0.6) is 5.75 Å². The molecule has 2 amide bonds. The minimum atomic E-state index is -3.84. The molecule has 0 aromatic heterocycles. The quantitative estimate of drug-likeness (QED) is 0.612. The number of hydrogen-bond donors (Lipinski definition) is 2. The van der Waals surface area contributed by atoms with E-state index in [9.17, 15) is 22.4 Å². The number of nitrogens with zero attached hydrogens (tertiary/aromatic N) is 1. The van der Waals surface area contributed by atoms with Gasteiger partial charge in [-0.3, -0.25) is 20.4 Å². The summed E-state index contributed by atoms with van der Waals surface area (Å²) < 4.78 is 51.9. The van der Waals surface area contributed by atoms with E-state index in [1.54, 1.807) is 19.9 Å². The second kappa shape index (κ2) is 10.3. The molecular formula is C22H26FN3O6S. The highest BCUT2D eigenvalue weighted by atomic mass is 32.2. The van der Waals surface area contributed by atoms with Gasteiger partial charge in [0.05, 0.1) is 17.1 Å². The van der Waals surface area contributed by atoms with Crippen molar-refractivity contribution in [2.75, 3.05) is 13.1 Å². The minimum absolute atomic E-state index is 0.0356. The zero-order valence-corrected chi connectivity index (χ0v) is 19.3. The first-order valence-electron chi connectivity index (χ1n) is 10.3. The molecule has 0 radical (unpaired) electrons. The van der Waals surface area contributed by atoms with Crippen molar-refractivity contribution in [3.63, 3.8) is 0 Å². The number of para-hydroxylation sites is 1. The second-order valence-electron chi connectivity index (χ2n) is 7.74. The Morgan fingerprint density at radius 3 is 2.42 bits per heavy atom. The van der Waals surface area contributed by atoms with E-state index in [0.29, 0.717) is 0 Å². The van der Waals surface area contributed by atoms with E-state index in [2.05, 4.69) is 10.9 Å². The third-order valence-electron chi connectivity index (χ3n) is 4.93. The predicted molar refractivity (Wildman–Crippen MR) is 117 cm³/mol. The molecule has 2 aromatic carbocycles. The highest BCUT2D eigenvalue weighted by molar-refractivity contribution is 7.89. The molecule has 1 aliphatic rings. The number of benzene rings is 2. The molecule has 0 unspecified atom stereocenters. The van der Waals surface area contributed by atoms with Crippen molar-refractivity contribution in [2.24, 2.45) is 0 Å². The number of halogens is 1. The summed E-state index contributed by atoms with van der Waals surface area (Å²) in [5.74, 6) is -2.16. The van der Waals surface area contributed by atoms with Crippen molar-refractivity contribution in [3.05, 3.63) is 59.9 Å². The van der Waals surface area contributed by atoms with Crippen LogP contribution in [-0.4, -0.2) is 55.9 Å². The molecule has 0 spiro atoms. The van der Waals surface area contributed by atoms with Crippen LogP contribution in [0.3, 0.4) is 0 Å². The largest absolute Gasteiger partial charge is 0.478 e. The number of nitrogens with one attached hydrogen (secondary N) is 2. The summed E-state index contributed by atoms with van der Waals surface area (Å²) in [7, 11) is -3.84.